The molecule has 0 unspecified atom stereocenters. The van der Waals surface area contributed by atoms with Gasteiger partial charge in [0.15, 0.2) is 16.6 Å². The molecule has 23 heavy (non-hydrogen) atoms. The van der Waals surface area contributed by atoms with E-state index in [1.165, 1.54) is 4.88 Å². The highest BCUT2D eigenvalue weighted by Crippen LogP contribution is 2.32. The molecule has 0 spiro atoms. The summed E-state index contributed by atoms with van der Waals surface area (Å²) in [6.45, 7) is 2.25. The Kier molecular flexibility index (Phi) is 3.74. The van der Waals surface area contributed by atoms with Crippen LogP contribution in [0.3, 0.4) is 0 Å². The number of hydrogen-bond donors (Lipinski definition) is 1. The minimum Gasteiger partial charge on any atom is -0.355 e. The van der Waals surface area contributed by atoms with Gasteiger partial charge in [-0.25, -0.2) is 4.98 Å². The Bertz CT molecular complexity index is 836. The molecule has 1 aliphatic carbocycles. The second kappa shape index (κ2) is 5.90. The van der Waals surface area contributed by atoms with E-state index in [1.54, 1.807) is 28.7 Å². The number of nitrogens with one attached hydrogen (secondary N) is 1. The van der Waals surface area contributed by atoms with Crippen molar-refractivity contribution in [2.45, 2.75) is 26.2 Å². The number of nitrogens with zero attached hydrogens (tertiary/aromatic N) is 2. The van der Waals surface area contributed by atoms with Crippen LogP contribution in [0.5, 0.6) is 0 Å². The number of thiophene rings is 1. The summed E-state index contributed by atoms with van der Waals surface area (Å²) in [5, 5.41) is 9.30. The van der Waals surface area contributed by atoms with E-state index in [0.717, 1.165) is 29.8 Å². The molecule has 118 valence electrons. The SMILES string of the molecule is C[C@@H]1CCc2nc(NC(=O)c3cc(-c4cccs4)on3)sc2C1. The normalized spacial score (nSPS) is 17.0. The molecule has 5 nitrogen and oxygen atoms in total. The molecule has 1 aliphatic rings. The van der Waals surface area contributed by atoms with Crippen molar-refractivity contribution in [2.24, 2.45) is 5.92 Å². The molecule has 0 fully saturated rings. The van der Waals surface area contributed by atoms with Crippen LogP contribution in [0, 0.1) is 5.92 Å². The molecule has 4 rings (SSSR count). The van der Waals surface area contributed by atoms with E-state index in [4.69, 9.17) is 4.52 Å². The van der Waals surface area contributed by atoms with Crippen LogP contribution in [0.15, 0.2) is 28.1 Å². The first-order valence-corrected chi connectivity index (χ1v) is 9.19. The lowest BCUT2D eigenvalue weighted by Gasteiger charge is -2.15. The predicted octanol–water partition coefficient (Wildman–Crippen LogP) is 4.24. The van der Waals surface area contributed by atoms with Gasteiger partial charge in [0.1, 0.15) is 0 Å². The van der Waals surface area contributed by atoms with Crippen LogP contribution in [-0.4, -0.2) is 16.0 Å². The summed E-state index contributed by atoms with van der Waals surface area (Å²) in [6, 6.07) is 5.53. The lowest BCUT2D eigenvalue weighted by atomic mass is 9.93. The molecule has 0 bridgehead atoms. The van der Waals surface area contributed by atoms with Crippen molar-refractivity contribution in [1.29, 1.82) is 0 Å². The smallest absolute Gasteiger partial charge is 0.279 e. The average molecular weight is 345 g/mol. The second-order valence-corrected chi connectivity index (χ2v) is 7.78. The van der Waals surface area contributed by atoms with E-state index in [-0.39, 0.29) is 11.6 Å². The topological polar surface area (TPSA) is 68.0 Å². The Morgan fingerprint density at radius 3 is 3.22 bits per heavy atom. The van der Waals surface area contributed by atoms with Crippen LogP contribution in [0.2, 0.25) is 0 Å². The van der Waals surface area contributed by atoms with E-state index < -0.39 is 0 Å². The standard InChI is InChI=1S/C16H15N3O2S2/c1-9-4-5-10-14(7-9)23-16(17-10)18-15(20)11-8-12(21-19-11)13-3-2-6-22-13/h2-3,6,8-9H,4-5,7H2,1H3,(H,17,18,20)/t9-/m1/s1. The fraction of sp³-hybridized carbons (Fsp3) is 0.312. The van der Waals surface area contributed by atoms with Crippen LogP contribution < -0.4 is 5.32 Å². The maximum absolute atomic E-state index is 12.3. The van der Waals surface area contributed by atoms with Crippen molar-refractivity contribution in [2.75, 3.05) is 5.32 Å². The van der Waals surface area contributed by atoms with Gasteiger partial charge in [-0.2, -0.15) is 0 Å². The van der Waals surface area contributed by atoms with E-state index in [0.29, 0.717) is 16.8 Å². The number of aryl methyl sites for hydroxylation is 1. The van der Waals surface area contributed by atoms with Crippen LogP contribution in [0.1, 0.15) is 34.4 Å². The van der Waals surface area contributed by atoms with Gasteiger partial charge in [0.2, 0.25) is 0 Å². The third-order valence-corrected chi connectivity index (χ3v) is 5.83. The highest BCUT2D eigenvalue weighted by atomic mass is 32.1. The first kappa shape index (κ1) is 14.6. The highest BCUT2D eigenvalue weighted by Gasteiger charge is 2.21. The van der Waals surface area contributed by atoms with Crippen molar-refractivity contribution < 1.29 is 9.32 Å². The van der Waals surface area contributed by atoms with Gasteiger partial charge in [0.25, 0.3) is 5.91 Å². The van der Waals surface area contributed by atoms with Crippen molar-refractivity contribution in [3.63, 3.8) is 0 Å². The fourth-order valence-electron chi connectivity index (χ4n) is 2.67. The molecular formula is C16H15N3O2S2. The van der Waals surface area contributed by atoms with Crippen molar-refractivity contribution >= 4 is 33.7 Å². The Morgan fingerprint density at radius 1 is 1.48 bits per heavy atom. The van der Waals surface area contributed by atoms with Gasteiger partial charge in [-0.05, 0) is 36.6 Å². The van der Waals surface area contributed by atoms with Crippen LogP contribution in [0.25, 0.3) is 10.6 Å². The van der Waals surface area contributed by atoms with Crippen LogP contribution in [0.4, 0.5) is 5.13 Å². The van der Waals surface area contributed by atoms with Gasteiger partial charge in [-0.1, -0.05) is 18.1 Å². The summed E-state index contributed by atoms with van der Waals surface area (Å²) >= 11 is 3.11. The van der Waals surface area contributed by atoms with Crippen molar-refractivity contribution in [3.05, 3.63) is 39.8 Å². The third kappa shape index (κ3) is 2.94. The number of anilines is 1. The summed E-state index contributed by atoms with van der Waals surface area (Å²) in [5.74, 6) is 1.02. The minimum atomic E-state index is -0.282. The third-order valence-electron chi connectivity index (χ3n) is 3.91. The largest absolute Gasteiger partial charge is 0.355 e. The lowest BCUT2D eigenvalue weighted by molar-refractivity contribution is 0.101. The molecule has 3 aromatic rings. The minimum absolute atomic E-state index is 0.273. The zero-order chi connectivity index (χ0) is 15.8. The summed E-state index contributed by atoms with van der Waals surface area (Å²) < 4.78 is 5.25. The molecule has 0 aromatic carbocycles. The van der Waals surface area contributed by atoms with Gasteiger partial charge in [0, 0.05) is 10.9 Å². The number of carbonyl (C=O) groups is 1. The molecule has 0 saturated carbocycles. The number of thiazole rings is 1. The molecular weight excluding hydrogens is 330 g/mol. The highest BCUT2D eigenvalue weighted by molar-refractivity contribution is 7.16. The van der Waals surface area contributed by atoms with E-state index in [9.17, 15) is 4.79 Å². The van der Waals surface area contributed by atoms with Crippen molar-refractivity contribution in [3.8, 4) is 10.6 Å². The Hall–Kier alpha value is -1.99. The second-order valence-electron chi connectivity index (χ2n) is 5.74. The fourth-order valence-corrected chi connectivity index (χ4v) is 4.51. The molecule has 7 heteroatoms. The summed E-state index contributed by atoms with van der Waals surface area (Å²) in [6.07, 6.45) is 3.21. The van der Waals surface area contributed by atoms with Gasteiger partial charge in [-0.3, -0.25) is 10.1 Å². The number of aromatic nitrogens is 2. The Morgan fingerprint density at radius 2 is 2.39 bits per heavy atom. The Balaban J connectivity index is 1.50. The predicted molar refractivity (Wildman–Crippen MR) is 91.1 cm³/mol. The first-order valence-electron chi connectivity index (χ1n) is 7.49. The molecule has 0 aliphatic heterocycles. The number of hydrogen-bond acceptors (Lipinski definition) is 6. The molecule has 0 saturated heterocycles. The monoisotopic (exact) mass is 345 g/mol. The maximum Gasteiger partial charge on any atom is 0.279 e. The average Bonchev–Trinajstić information content (AvgIpc) is 3.26. The molecule has 1 amide bonds. The van der Waals surface area contributed by atoms with Crippen LogP contribution in [-0.2, 0) is 12.8 Å². The van der Waals surface area contributed by atoms with Gasteiger partial charge in [0.05, 0.1) is 10.6 Å². The molecule has 3 aromatic heterocycles. The summed E-state index contributed by atoms with van der Waals surface area (Å²) in [7, 11) is 0. The number of fused-ring (bicyclic) bond motifs is 1. The number of amides is 1. The van der Waals surface area contributed by atoms with E-state index in [2.05, 4.69) is 22.4 Å². The first-order chi connectivity index (χ1) is 11.2. The number of rotatable bonds is 3. The lowest BCUT2D eigenvalue weighted by Crippen LogP contribution is -2.12. The van der Waals surface area contributed by atoms with E-state index in [1.807, 2.05) is 17.5 Å². The van der Waals surface area contributed by atoms with Crippen LogP contribution >= 0.6 is 22.7 Å². The van der Waals surface area contributed by atoms with Crippen molar-refractivity contribution in [1.82, 2.24) is 10.1 Å². The van der Waals surface area contributed by atoms with Gasteiger partial charge >= 0.3 is 0 Å². The quantitative estimate of drug-likeness (QED) is 0.771. The number of carbonyl (C=O) groups excluding carboxylic acids is 1. The molecule has 0 radical (unpaired) electrons. The summed E-state index contributed by atoms with van der Waals surface area (Å²) in [5.41, 5.74) is 1.40. The van der Waals surface area contributed by atoms with Gasteiger partial charge < -0.3 is 4.52 Å². The maximum atomic E-state index is 12.3. The zero-order valence-corrected chi connectivity index (χ0v) is 14.2. The zero-order valence-electron chi connectivity index (χ0n) is 12.5. The van der Waals surface area contributed by atoms with Gasteiger partial charge in [-0.15, -0.1) is 22.7 Å². The summed E-state index contributed by atoms with van der Waals surface area (Å²) in [4.78, 5) is 19.1. The molecule has 3 heterocycles. The van der Waals surface area contributed by atoms with E-state index >= 15 is 0 Å². The molecule has 1 N–H and O–H groups in total. The Labute approximate surface area is 141 Å². The molecule has 1 atom stereocenters.